The number of piperidine rings is 1. The molecule has 2 aliphatic rings. The van der Waals surface area contributed by atoms with Crippen LogP contribution in [0.1, 0.15) is 36.0 Å². The monoisotopic (exact) mass is 397 g/mol. The maximum absolute atomic E-state index is 12.6. The van der Waals surface area contributed by atoms with Crippen LogP contribution < -0.4 is 0 Å². The molecule has 0 radical (unpaired) electrons. The third-order valence-corrected chi connectivity index (χ3v) is 5.56. The Hall–Kier alpha value is -1.30. The van der Waals surface area contributed by atoms with E-state index in [-0.39, 0.29) is 11.8 Å². The van der Waals surface area contributed by atoms with Gasteiger partial charge in [0.05, 0.1) is 0 Å². The number of hydrogen-bond acceptors (Lipinski definition) is 3. The van der Waals surface area contributed by atoms with Crippen molar-refractivity contribution < 1.29 is 9.59 Å². The van der Waals surface area contributed by atoms with Crippen LogP contribution >= 0.6 is 23.2 Å². The van der Waals surface area contributed by atoms with Crippen LogP contribution in [0.2, 0.25) is 10.0 Å². The van der Waals surface area contributed by atoms with Gasteiger partial charge in [-0.3, -0.25) is 14.5 Å². The molecule has 0 bridgehead atoms. The van der Waals surface area contributed by atoms with Gasteiger partial charge in [0.1, 0.15) is 0 Å². The maximum atomic E-state index is 12.6. The highest BCUT2D eigenvalue weighted by Crippen LogP contribution is 2.21. The number of benzene rings is 1. The number of rotatable bonds is 4. The highest BCUT2D eigenvalue weighted by Gasteiger charge is 2.24. The van der Waals surface area contributed by atoms with Crippen molar-refractivity contribution in [3.05, 3.63) is 33.8 Å². The van der Waals surface area contributed by atoms with Crippen molar-refractivity contribution in [2.75, 3.05) is 45.8 Å². The van der Waals surface area contributed by atoms with Crippen LogP contribution in [0.5, 0.6) is 0 Å². The molecular weight excluding hydrogens is 373 g/mol. The van der Waals surface area contributed by atoms with Crippen LogP contribution in [0.3, 0.4) is 0 Å². The molecule has 142 valence electrons. The predicted octanol–water partition coefficient (Wildman–Crippen LogP) is 3.15. The van der Waals surface area contributed by atoms with E-state index in [1.165, 1.54) is 6.42 Å². The fourth-order valence-corrected chi connectivity index (χ4v) is 4.12. The SMILES string of the molecule is O=C(CCN1CCN(C(=O)c2cc(Cl)cc(Cl)c2)CC1)N1CCCCC1. The Bertz CT molecular complexity index is 634. The van der Waals surface area contributed by atoms with E-state index in [1.807, 2.05) is 9.80 Å². The lowest BCUT2D eigenvalue weighted by Gasteiger charge is -2.35. The van der Waals surface area contributed by atoms with E-state index in [0.717, 1.165) is 45.6 Å². The summed E-state index contributed by atoms with van der Waals surface area (Å²) in [5, 5.41) is 0.937. The fraction of sp³-hybridized carbons (Fsp3) is 0.579. The molecule has 1 aromatic carbocycles. The zero-order valence-corrected chi connectivity index (χ0v) is 16.4. The third-order valence-electron chi connectivity index (χ3n) is 5.12. The van der Waals surface area contributed by atoms with Gasteiger partial charge in [-0.05, 0) is 37.5 Å². The van der Waals surface area contributed by atoms with Gasteiger partial charge in [-0.25, -0.2) is 0 Å². The molecule has 0 aromatic heterocycles. The molecule has 0 N–H and O–H groups in total. The smallest absolute Gasteiger partial charge is 0.254 e. The molecule has 2 heterocycles. The van der Waals surface area contributed by atoms with Crippen LogP contribution in [0, 0.1) is 0 Å². The molecule has 2 aliphatic heterocycles. The van der Waals surface area contributed by atoms with Gasteiger partial charge in [0.25, 0.3) is 5.91 Å². The molecule has 5 nitrogen and oxygen atoms in total. The molecule has 1 aromatic rings. The van der Waals surface area contributed by atoms with Gasteiger partial charge in [0, 0.05) is 67.8 Å². The number of carbonyl (C=O) groups excluding carboxylic acids is 2. The number of halogens is 2. The van der Waals surface area contributed by atoms with Crippen molar-refractivity contribution in [1.29, 1.82) is 0 Å². The Kier molecular flexibility index (Phi) is 6.79. The molecule has 2 saturated heterocycles. The Morgan fingerprint density at radius 1 is 0.808 bits per heavy atom. The highest BCUT2D eigenvalue weighted by molar-refractivity contribution is 6.35. The van der Waals surface area contributed by atoms with Crippen LogP contribution in [0.15, 0.2) is 18.2 Å². The first-order valence-electron chi connectivity index (χ1n) is 9.28. The number of likely N-dealkylation sites (tertiary alicyclic amines) is 1. The summed E-state index contributed by atoms with van der Waals surface area (Å²) >= 11 is 12.0. The summed E-state index contributed by atoms with van der Waals surface area (Å²) in [5.41, 5.74) is 0.524. The topological polar surface area (TPSA) is 43.9 Å². The molecule has 2 amide bonds. The van der Waals surface area contributed by atoms with Crippen molar-refractivity contribution >= 4 is 35.0 Å². The zero-order valence-electron chi connectivity index (χ0n) is 14.9. The fourth-order valence-electron chi connectivity index (χ4n) is 3.59. The normalized spacial score (nSPS) is 18.8. The number of amides is 2. The first-order valence-corrected chi connectivity index (χ1v) is 10.0. The van der Waals surface area contributed by atoms with Crippen molar-refractivity contribution in [3.63, 3.8) is 0 Å². The average Bonchev–Trinajstić information content (AvgIpc) is 2.66. The number of hydrogen-bond donors (Lipinski definition) is 0. The molecule has 2 fully saturated rings. The minimum atomic E-state index is -0.0431. The van der Waals surface area contributed by atoms with E-state index in [1.54, 1.807) is 18.2 Å². The average molecular weight is 398 g/mol. The van der Waals surface area contributed by atoms with Crippen LogP contribution in [0.4, 0.5) is 0 Å². The second-order valence-electron chi connectivity index (χ2n) is 6.98. The lowest BCUT2D eigenvalue weighted by molar-refractivity contribution is -0.132. The molecule has 0 spiro atoms. The molecule has 7 heteroatoms. The minimum absolute atomic E-state index is 0.0431. The summed E-state index contributed by atoms with van der Waals surface area (Å²) in [6.45, 7) is 5.45. The Labute approximate surface area is 164 Å². The van der Waals surface area contributed by atoms with Gasteiger partial charge in [-0.15, -0.1) is 0 Å². The molecule has 26 heavy (non-hydrogen) atoms. The molecular formula is C19H25Cl2N3O2. The van der Waals surface area contributed by atoms with E-state index >= 15 is 0 Å². The van der Waals surface area contributed by atoms with Crippen molar-refractivity contribution in [1.82, 2.24) is 14.7 Å². The lowest BCUT2D eigenvalue weighted by Crippen LogP contribution is -2.49. The quantitative estimate of drug-likeness (QED) is 0.783. The van der Waals surface area contributed by atoms with Gasteiger partial charge in [0.15, 0.2) is 0 Å². The summed E-state index contributed by atoms with van der Waals surface area (Å²) in [4.78, 5) is 31.0. The molecule has 0 saturated carbocycles. The summed E-state index contributed by atoms with van der Waals surface area (Å²) < 4.78 is 0. The van der Waals surface area contributed by atoms with E-state index in [0.29, 0.717) is 35.1 Å². The first-order chi connectivity index (χ1) is 12.5. The summed E-state index contributed by atoms with van der Waals surface area (Å²) in [6, 6.07) is 4.93. The lowest BCUT2D eigenvalue weighted by atomic mass is 10.1. The van der Waals surface area contributed by atoms with E-state index in [9.17, 15) is 9.59 Å². The Morgan fingerprint density at radius 2 is 1.42 bits per heavy atom. The van der Waals surface area contributed by atoms with Gasteiger partial charge in [0.2, 0.25) is 5.91 Å². The summed E-state index contributed by atoms with van der Waals surface area (Å²) in [6.07, 6.45) is 4.05. The predicted molar refractivity (Wildman–Crippen MR) is 104 cm³/mol. The van der Waals surface area contributed by atoms with Gasteiger partial charge < -0.3 is 9.80 Å². The second kappa shape index (κ2) is 9.07. The second-order valence-corrected chi connectivity index (χ2v) is 7.86. The number of nitrogens with zero attached hydrogens (tertiary/aromatic N) is 3. The number of piperazine rings is 1. The highest BCUT2D eigenvalue weighted by atomic mass is 35.5. The van der Waals surface area contributed by atoms with Crippen molar-refractivity contribution in [2.24, 2.45) is 0 Å². The van der Waals surface area contributed by atoms with Crippen LogP contribution in [-0.2, 0) is 4.79 Å². The van der Waals surface area contributed by atoms with Gasteiger partial charge in [-0.2, -0.15) is 0 Å². The molecule has 0 unspecified atom stereocenters. The van der Waals surface area contributed by atoms with Gasteiger partial charge in [-0.1, -0.05) is 23.2 Å². The molecule has 0 aliphatic carbocycles. The molecule has 3 rings (SSSR count). The van der Waals surface area contributed by atoms with E-state index in [2.05, 4.69) is 4.90 Å². The first kappa shape index (κ1) is 19.5. The molecule has 0 atom stereocenters. The van der Waals surface area contributed by atoms with Gasteiger partial charge >= 0.3 is 0 Å². The Balaban J connectivity index is 1.45. The third kappa shape index (κ3) is 5.12. The maximum Gasteiger partial charge on any atom is 0.254 e. The van der Waals surface area contributed by atoms with Crippen LogP contribution in [-0.4, -0.2) is 72.3 Å². The van der Waals surface area contributed by atoms with E-state index in [4.69, 9.17) is 23.2 Å². The standard InChI is InChI=1S/C19H25Cl2N3O2/c20-16-12-15(13-17(21)14-16)19(26)24-10-8-22(9-11-24)7-4-18(25)23-5-2-1-3-6-23/h12-14H,1-11H2. The van der Waals surface area contributed by atoms with Crippen molar-refractivity contribution in [2.45, 2.75) is 25.7 Å². The largest absolute Gasteiger partial charge is 0.343 e. The van der Waals surface area contributed by atoms with Crippen LogP contribution in [0.25, 0.3) is 0 Å². The summed E-state index contributed by atoms with van der Waals surface area (Å²) in [7, 11) is 0. The summed E-state index contributed by atoms with van der Waals surface area (Å²) in [5.74, 6) is 0.218. The van der Waals surface area contributed by atoms with Crippen molar-refractivity contribution in [3.8, 4) is 0 Å². The number of carbonyl (C=O) groups is 2. The van der Waals surface area contributed by atoms with E-state index < -0.39 is 0 Å². The minimum Gasteiger partial charge on any atom is -0.343 e. The zero-order chi connectivity index (χ0) is 18.5. The Morgan fingerprint density at radius 3 is 2.04 bits per heavy atom.